The third kappa shape index (κ3) is 10.2. The van der Waals surface area contributed by atoms with Crippen LogP contribution in [0.4, 0.5) is 32.8 Å². The molecule has 2 fully saturated rings. The minimum absolute atomic E-state index is 0.00864. The van der Waals surface area contributed by atoms with Crippen LogP contribution in [0.15, 0.2) is 89.5 Å². The minimum Gasteiger partial charge on any atom is -0.473 e. The molecule has 9 rings (SSSR count). The second kappa shape index (κ2) is 18.7. The van der Waals surface area contributed by atoms with E-state index in [2.05, 4.69) is 50.8 Å². The Kier molecular flexibility index (Phi) is 12.9. The summed E-state index contributed by atoms with van der Waals surface area (Å²) in [4.78, 5) is 39.9. The first kappa shape index (κ1) is 46.3. The van der Waals surface area contributed by atoms with E-state index in [1.807, 2.05) is 48.2 Å². The maximum atomic E-state index is 15.1. The molecule has 0 unspecified atom stereocenters. The van der Waals surface area contributed by atoms with Crippen LogP contribution in [0, 0.1) is 15.5 Å². The summed E-state index contributed by atoms with van der Waals surface area (Å²) in [6, 6.07) is 20.4. The van der Waals surface area contributed by atoms with Crippen molar-refractivity contribution in [1.82, 2.24) is 19.6 Å². The van der Waals surface area contributed by atoms with Crippen molar-refractivity contribution in [2.75, 3.05) is 80.8 Å². The predicted molar refractivity (Wildman–Crippen MR) is 256 cm³/mol. The van der Waals surface area contributed by atoms with Crippen LogP contribution in [0.5, 0.6) is 5.88 Å². The second-order valence-electron chi connectivity index (χ2n) is 18.5. The molecule has 0 radical (unpaired) electrons. The van der Waals surface area contributed by atoms with E-state index in [1.165, 1.54) is 16.7 Å². The second-order valence-corrected chi connectivity index (χ2v) is 20.6. The zero-order valence-corrected chi connectivity index (χ0v) is 39.2. The van der Waals surface area contributed by atoms with Crippen LogP contribution in [0.3, 0.4) is 0 Å². The fraction of sp³-hybridized carbons (Fsp3) is 0.417. The molecule has 1 amide bonds. The monoisotopic (exact) mass is 956 g/mol. The van der Waals surface area contributed by atoms with E-state index in [0.29, 0.717) is 49.0 Å². The number of nitrogens with zero attached hydrogens (tertiary/aromatic N) is 5. The molecule has 2 saturated heterocycles. The lowest BCUT2D eigenvalue weighted by Gasteiger charge is -2.39. The number of nitro benzene ring substituents is 1. The van der Waals surface area contributed by atoms with Gasteiger partial charge in [0.2, 0.25) is 11.7 Å². The summed E-state index contributed by atoms with van der Waals surface area (Å²) < 4.78 is 61.8. The first-order chi connectivity index (χ1) is 32.0. The van der Waals surface area contributed by atoms with Crippen molar-refractivity contribution in [1.29, 1.82) is 0 Å². The van der Waals surface area contributed by atoms with Crippen LogP contribution >= 0.6 is 11.6 Å². The number of sulfonamides is 1. The van der Waals surface area contributed by atoms with Gasteiger partial charge in [-0.3, -0.25) is 19.8 Å². The molecule has 0 spiro atoms. The van der Waals surface area contributed by atoms with E-state index >= 15 is 4.39 Å². The number of alkyl halides is 1. The van der Waals surface area contributed by atoms with Crippen molar-refractivity contribution in [3.63, 3.8) is 0 Å². The molecule has 2 aromatic heterocycles. The average molecular weight is 958 g/mol. The van der Waals surface area contributed by atoms with Crippen LogP contribution in [-0.4, -0.2) is 112 Å². The summed E-state index contributed by atoms with van der Waals surface area (Å²) in [6.07, 6.45) is 5.27. The van der Waals surface area contributed by atoms with E-state index in [1.54, 1.807) is 12.3 Å². The van der Waals surface area contributed by atoms with E-state index in [9.17, 15) is 23.3 Å². The predicted octanol–water partition coefficient (Wildman–Crippen LogP) is 8.46. The summed E-state index contributed by atoms with van der Waals surface area (Å²) in [5.74, 6) is -2.82. The topological polar surface area (TPSA) is 185 Å². The Morgan fingerprint density at radius 1 is 1.01 bits per heavy atom. The number of pyridine rings is 1. The number of aromatic nitrogens is 2. The van der Waals surface area contributed by atoms with Crippen molar-refractivity contribution in [2.45, 2.75) is 63.3 Å². The minimum atomic E-state index is -4.69. The number of carbonyl (C=O) groups is 1. The molecule has 5 heterocycles. The fourth-order valence-corrected chi connectivity index (χ4v) is 10.4. The van der Waals surface area contributed by atoms with Crippen molar-refractivity contribution in [3.8, 4) is 5.88 Å². The maximum absolute atomic E-state index is 15.1. The fourth-order valence-electron chi connectivity index (χ4n) is 9.29. The van der Waals surface area contributed by atoms with Gasteiger partial charge in [0.05, 0.1) is 46.9 Å². The van der Waals surface area contributed by atoms with Gasteiger partial charge in [0, 0.05) is 74.0 Å². The van der Waals surface area contributed by atoms with Gasteiger partial charge in [0.15, 0.2) is 0 Å². The number of fused-ring (bicyclic) bond motifs is 2. The molecule has 1 aliphatic carbocycles. The SMILES string of the molecule is C[C@@H]1CCN(c2cc(N3CCN(CC4=C(c5ccc(Cl)cc5)CC(C)(C)CC4)CC3)ccc2C(=O)NS(=O)(=O)c2ccc(NC[C@]3(F)COCCO3)c([N+](=O)[O-])c2)c2cc3cc[nH]c3nc2O1. The van der Waals surface area contributed by atoms with Gasteiger partial charge in [-0.2, -0.15) is 4.98 Å². The highest BCUT2D eigenvalue weighted by Gasteiger charge is 2.36. The van der Waals surface area contributed by atoms with Crippen LogP contribution < -0.4 is 24.6 Å². The van der Waals surface area contributed by atoms with Crippen molar-refractivity contribution < 1.29 is 36.7 Å². The van der Waals surface area contributed by atoms with Crippen LogP contribution in [0.2, 0.25) is 5.02 Å². The molecule has 16 nitrogen and oxygen atoms in total. The number of allylic oxidation sites excluding steroid dienone is 1. The standard InChI is InChI=1S/C48H54ClFN8O8S/c1-31-14-17-57(43-24-33-13-16-51-44(33)53-46(43)66-31)41-25-36(56-20-18-55(19-21-56)28-34-12-15-47(2,3)27-39(34)32-4-6-35(49)7-5-32)8-10-38(41)45(59)54-67(62,63)37-9-11-40(42(26-37)58(60)61)52-29-48(50)30-64-22-23-65-48/h4-11,13,16,24-26,31,52H,12,14-15,17-23,27-30H2,1-3H3,(H,51,53)(H,54,59)/t31-,48-/m1/s1. The summed E-state index contributed by atoms with van der Waals surface area (Å²) in [5, 5.41) is 16.4. The van der Waals surface area contributed by atoms with E-state index in [0.717, 1.165) is 73.2 Å². The third-order valence-electron chi connectivity index (χ3n) is 13.0. The van der Waals surface area contributed by atoms with Gasteiger partial charge in [-0.25, -0.2) is 17.5 Å². The summed E-state index contributed by atoms with van der Waals surface area (Å²) in [6.45, 7) is 10.3. The molecular formula is C48H54ClFN8O8S. The van der Waals surface area contributed by atoms with Crippen molar-refractivity contribution in [2.24, 2.45) is 5.41 Å². The molecule has 0 bridgehead atoms. The molecule has 0 saturated carbocycles. The van der Waals surface area contributed by atoms with Crippen molar-refractivity contribution in [3.05, 3.63) is 111 Å². The number of nitro groups is 1. The first-order valence-electron chi connectivity index (χ1n) is 22.5. The molecular weight excluding hydrogens is 903 g/mol. The number of hydrogen-bond acceptors (Lipinski definition) is 13. The quantitative estimate of drug-likeness (QED) is 0.0800. The van der Waals surface area contributed by atoms with Gasteiger partial charge in [-0.05, 0) is 97.3 Å². The lowest BCUT2D eigenvalue weighted by molar-refractivity contribution is -0.384. The number of amides is 1. The summed E-state index contributed by atoms with van der Waals surface area (Å²) in [7, 11) is -4.69. The Morgan fingerprint density at radius 2 is 1.81 bits per heavy atom. The highest BCUT2D eigenvalue weighted by Crippen LogP contribution is 2.44. The van der Waals surface area contributed by atoms with Crippen molar-refractivity contribution >= 4 is 72.6 Å². The van der Waals surface area contributed by atoms with Crippen LogP contribution in [0.25, 0.3) is 16.6 Å². The van der Waals surface area contributed by atoms with Gasteiger partial charge < -0.3 is 34.3 Å². The lowest BCUT2D eigenvalue weighted by atomic mass is 9.72. The smallest absolute Gasteiger partial charge is 0.293 e. The van der Waals surface area contributed by atoms with E-state index in [4.69, 9.17) is 30.8 Å². The number of piperazine rings is 1. The van der Waals surface area contributed by atoms with Gasteiger partial charge in [0.25, 0.3) is 21.6 Å². The zero-order valence-electron chi connectivity index (χ0n) is 37.6. The number of carbonyl (C=O) groups excluding carboxylic acids is 1. The normalized spacial score (nSPS) is 21.4. The van der Waals surface area contributed by atoms with E-state index < -0.39 is 43.8 Å². The molecule has 67 heavy (non-hydrogen) atoms. The Bertz CT molecular complexity index is 2830. The van der Waals surface area contributed by atoms with Crippen LogP contribution in [0.1, 0.15) is 62.4 Å². The van der Waals surface area contributed by atoms with Gasteiger partial charge in [-0.1, -0.05) is 43.2 Å². The average Bonchev–Trinajstić information content (AvgIpc) is 3.70. The Hall–Kier alpha value is -5.79. The van der Waals surface area contributed by atoms with Gasteiger partial charge in [-0.15, -0.1) is 0 Å². The molecule has 4 aliphatic rings. The summed E-state index contributed by atoms with van der Waals surface area (Å²) >= 11 is 6.27. The number of ether oxygens (including phenoxy) is 3. The Morgan fingerprint density at radius 3 is 2.55 bits per heavy atom. The summed E-state index contributed by atoms with van der Waals surface area (Å²) in [5.41, 5.74) is 6.09. The molecule has 2 atom stereocenters. The number of rotatable bonds is 12. The Balaban J connectivity index is 0.997. The molecule has 3 aliphatic heterocycles. The number of hydrogen-bond donors (Lipinski definition) is 3. The molecule has 3 aromatic carbocycles. The molecule has 5 aromatic rings. The number of H-pyrrole nitrogens is 1. The zero-order chi connectivity index (χ0) is 47.1. The van der Waals surface area contributed by atoms with E-state index in [-0.39, 0.29) is 42.6 Å². The number of aromatic amines is 1. The molecule has 19 heteroatoms. The van der Waals surface area contributed by atoms with Crippen LogP contribution in [-0.2, 0) is 19.5 Å². The molecule has 354 valence electrons. The Labute approximate surface area is 393 Å². The lowest BCUT2D eigenvalue weighted by Crippen LogP contribution is -2.47. The van der Waals surface area contributed by atoms with Gasteiger partial charge >= 0.3 is 0 Å². The number of anilines is 4. The van der Waals surface area contributed by atoms with Gasteiger partial charge in [0.1, 0.15) is 23.6 Å². The maximum Gasteiger partial charge on any atom is 0.293 e. The number of halogens is 2. The number of benzene rings is 3. The largest absolute Gasteiger partial charge is 0.473 e. The molecule has 3 N–H and O–H groups in total. The first-order valence-corrected chi connectivity index (χ1v) is 24.4. The highest BCUT2D eigenvalue weighted by atomic mass is 35.5. The number of nitrogens with one attached hydrogen (secondary N) is 3. The highest BCUT2D eigenvalue weighted by molar-refractivity contribution is 7.90. The third-order valence-corrected chi connectivity index (χ3v) is 14.6.